The molecule has 0 spiro atoms. The summed E-state index contributed by atoms with van der Waals surface area (Å²) in [6.07, 6.45) is 0.553. The van der Waals surface area contributed by atoms with Crippen molar-refractivity contribution >= 4 is 17.6 Å². The zero-order valence-electron chi connectivity index (χ0n) is 10.5. The summed E-state index contributed by atoms with van der Waals surface area (Å²) in [5.74, 6) is -1.77. The molecule has 104 valence electrons. The quantitative estimate of drug-likeness (QED) is 0.912. The van der Waals surface area contributed by atoms with Gasteiger partial charge in [-0.05, 0) is 35.9 Å². The molecule has 2 rings (SSSR count). The van der Waals surface area contributed by atoms with E-state index in [-0.39, 0.29) is 17.9 Å². The lowest BCUT2D eigenvalue weighted by atomic mass is 10.1. The maximum absolute atomic E-state index is 13.5. The molecule has 3 nitrogen and oxygen atoms in total. The number of hydrogen-bond donors (Lipinski definition) is 1. The van der Waals surface area contributed by atoms with E-state index >= 15 is 0 Å². The Morgan fingerprint density at radius 1 is 1.25 bits per heavy atom. The summed E-state index contributed by atoms with van der Waals surface area (Å²) in [6, 6.07) is 10.7. The topological polar surface area (TPSA) is 46.5 Å². The molecule has 0 saturated carbocycles. The zero-order chi connectivity index (χ0) is 14.5. The lowest BCUT2D eigenvalue weighted by molar-refractivity contribution is 0.0696. The van der Waals surface area contributed by atoms with E-state index in [9.17, 15) is 9.18 Å². The number of carboxylic acids is 1. The van der Waals surface area contributed by atoms with Gasteiger partial charge in [-0.1, -0.05) is 23.7 Å². The number of rotatable bonds is 5. The van der Waals surface area contributed by atoms with Crippen molar-refractivity contribution < 1.29 is 19.0 Å². The summed E-state index contributed by atoms with van der Waals surface area (Å²) in [5, 5.41) is 9.47. The van der Waals surface area contributed by atoms with Gasteiger partial charge in [-0.3, -0.25) is 0 Å². The van der Waals surface area contributed by atoms with Crippen molar-refractivity contribution in [1.82, 2.24) is 0 Å². The van der Waals surface area contributed by atoms with E-state index in [1.165, 1.54) is 12.1 Å². The van der Waals surface area contributed by atoms with Crippen LogP contribution in [0.15, 0.2) is 42.5 Å². The number of ether oxygens (including phenoxy) is 1. The van der Waals surface area contributed by atoms with Crippen molar-refractivity contribution in [2.75, 3.05) is 6.61 Å². The molecule has 0 aliphatic carbocycles. The van der Waals surface area contributed by atoms with Crippen LogP contribution in [0.5, 0.6) is 5.75 Å². The Morgan fingerprint density at radius 2 is 2.05 bits per heavy atom. The van der Waals surface area contributed by atoms with Crippen LogP contribution in [0.1, 0.15) is 15.9 Å². The van der Waals surface area contributed by atoms with Crippen LogP contribution in [-0.2, 0) is 6.42 Å². The van der Waals surface area contributed by atoms with Gasteiger partial charge in [0.15, 0.2) is 11.6 Å². The van der Waals surface area contributed by atoms with E-state index in [0.717, 1.165) is 11.6 Å². The fraction of sp³-hybridized carbons (Fsp3) is 0.133. The van der Waals surface area contributed by atoms with Gasteiger partial charge in [0, 0.05) is 11.4 Å². The van der Waals surface area contributed by atoms with Gasteiger partial charge >= 0.3 is 5.97 Å². The van der Waals surface area contributed by atoms with Gasteiger partial charge in [-0.25, -0.2) is 9.18 Å². The molecule has 0 fully saturated rings. The monoisotopic (exact) mass is 294 g/mol. The third-order valence-corrected chi connectivity index (χ3v) is 2.95. The summed E-state index contributed by atoms with van der Waals surface area (Å²) in [7, 11) is 0. The molecule has 0 atom stereocenters. The van der Waals surface area contributed by atoms with Crippen LogP contribution in [0.25, 0.3) is 0 Å². The van der Waals surface area contributed by atoms with Crippen LogP contribution in [0, 0.1) is 5.82 Å². The largest absolute Gasteiger partial charge is 0.490 e. The Kier molecular flexibility index (Phi) is 4.58. The van der Waals surface area contributed by atoms with Crippen LogP contribution in [0.3, 0.4) is 0 Å². The van der Waals surface area contributed by atoms with E-state index < -0.39 is 11.8 Å². The average Bonchev–Trinajstić information content (AvgIpc) is 2.40. The highest BCUT2D eigenvalue weighted by Crippen LogP contribution is 2.19. The van der Waals surface area contributed by atoms with E-state index in [1.807, 2.05) is 12.1 Å². The third-order valence-electron chi connectivity index (χ3n) is 2.72. The Hall–Kier alpha value is -2.07. The van der Waals surface area contributed by atoms with Crippen molar-refractivity contribution in [2.24, 2.45) is 0 Å². The van der Waals surface area contributed by atoms with Gasteiger partial charge < -0.3 is 9.84 Å². The first-order chi connectivity index (χ1) is 9.56. The molecule has 5 heteroatoms. The van der Waals surface area contributed by atoms with Crippen LogP contribution in [-0.4, -0.2) is 17.7 Å². The highest BCUT2D eigenvalue weighted by Gasteiger charge is 2.09. The van der Waals surface area contributed by atoms with E-state index in [1.54, 1.807) is 12.1 Å². The minimum Gasteiger partial charge on any atom is -0.490 e. The van der Waals surface area contributed by atoms with Crippen LogP contribution >= 0.6 is 11.6 Å². The molecule has 2 aromatic rings. The molecule has 0 radical (unpaired) electrons. The molecular formula is C15H12ClFO3. The smallest absolute Gasteiger partial charge is 0.335 e. The lowest BCUT2D eigenvalue weighted by Gasteiger charge is -2.08. The summed E-state index contributed by atoms with van der Waals surface area (Å²) in [6.45, 7) is 0.236. The van der Waals surface area contributed by atoms with Gasteiger partial charge in [0.2, 0.25) is 0 Å². The second-order valence-electron chi connectivity index (χ2n) is 4.18. The normalized spacial score (nSPS) is 10.3. The van der Waals surface area contributed by atoms with Crippen molar-refractivity contribution in [1.29, 1.82) is 0 Å². The molecule has 1 N–H and O–H groups in total. The number of hydrogen-bond acceptors (Lipinski definition) is 2. The number of carbonyl (C=O) groups is 1. The minimum atomic E-state index is -1.12. The first-order valence-electron chi connectivity index (χ1n) is 5.96. The fourth-order valence-corrected chi connectivity index (χ4v) is 1.93. The van der Waals surface area contributed by atoms with Crippen molar-refractivity contribution in [3.05, 3.63) is 64.4 Å². The molecule has 0 amide bonds. The van der Waals surface area contributed by atoms with Gasteiger partial charge in [-0.15, -0.1) is 0 Å². The Morgan fingerprint density at radius 3 is 2.75 bits per heavy atom. The second-order valence-corrected chi connectivity index (χ2v) is 4.62. The maximum Gasteiger partial charge on any atom is 0.335 e. The standard InChI is InChI=1S/C15H12ClFO3/c16-12-3-1-2-10(8-12)6-7-20-14-9-11(15(18)19)4-5-13(14)17/h1-5,8-9H,6-7H2,(H,18,19). The second kappa shape index (κ2) is 6.39. The van der Waals surface area contributed by atoms with E-state index in [0.29, 0.717) is 11.4 Å². The van der Waals surface area contributed by atoms with Gasteiger partial charge in [-0.2, -0.15) is 0 Å². The fourth-order valence-electron chi connectivity index (χ4n) is 1.72. The third kappa shape index (κ3) is 3.71. The SMILES string of the molecule is O=C(O)c1ccc(F)c(OCCc2cccc(Cl)c2)c1. The highest BCUT2D eigenvalue weighted by atomic mass is 35.5. The van der Waals surface area contributed by atoms with Gasteiger partial charge in [0.05, 0.1) is 12.2 Å². The van der Waals surface area contributed by atoms with Crippen LogP contribution < -0.4 is 4.74 Å². The Labute approximate surface area is 120 Å². The predicted octanol–water partition coefficient (Wildman–Crippen LogP) is 3.80. The van der Waals surface area contributed by atoms with Crippen molar-refractivity contribution in [3.63, 3.8) is 0 Å². The minimum absolute atomic E-state index is 0.0100. The molecule has 0 aromatic heterocycles. The summed E-state index contributed by atoms with van der Waals surface area (Å²) >= 11 is 5.86. The van der Waals surface area contributed by atoms with Crippen molar-refractivity contribution in [2.45, 2.75) is 6.42 Å². The maximum atomic E-state index is 13.5. The number of carboxylic acid groups (broad SMARTS) is 1. The number of benzene rings is 2. The van der Waals surface area contributed by atoms with Gasteiger partial charge in [0.25, 0.3) is 0 Å². The number of aromatic carboxylic acids is 1. The highest BCUT2D eigenvalue weighted by molar-refractivity contribution is 6.30. The molecule has 0 heterocycles. The van der Waals surface area contributed by atoms with Crippen LogP contribution in [0.2, 0.25) is 5.02 Å². The summed E-state index contributed by atoms with van der Waals surface area (Å²) in [4.78, 5) is 10.8. The van der Waals surface area contributed by atoms with Crippen molar-refractivity contribution in [3.8, 4) is 5.75 Å². The molecule has 0 unspecified atom stereocenters. The molecule has 0 aliphatic rings. The van der Waals surface area contributed by atoms with E-state index in [4.69, 9.17) is 21.4 Å². The predicted molar refractivity (Wildman–Crippen MR) is 74.0 cm³/mol. The van der Waals surface area contributed by atoms with Crippen LogP contribution in [0.4, 0.5) is 4.39 Å². The molecule has 0 aliphatic heterocycles. The zero-order valence-corrected chi connectivity index (χ0v) is 11.2. The van der Waals surface area contributed by atoms with Gasteiger partial charge in [0.1, 0.15) is 0 Å². The molecule has 20 heavy (non-hydrogen) atoms. The lowest BCUT2D eigenvalue weighted by Crippen LogP contribution is -2.04. The summed E-state index contributed by atoms with van der Waals surface area (Å²) in [5.41, 5.74) is 0.955. The number of halogens is 2. The van der Waals surface area contributed by atoms with E-state index in [2.05, 4.69) is 0 Å². The molecular weight excluding hydrogens is 283 g/mol. The molecule has 2 aromatic carbocycles. The molecule has 0 bridgehead atoms. The Balaban J connectivity index is 2.00. The summed E-state index contributed by atoms with van der Waals surface area (Å²) < 4.78 is 18.8. The Bertz CT molecular complexity index is 628. The first kappa shape index (κ1) is 14.3. The first-order valence-corrected chi connectivity index (χ1v) is 6.34. The molecule has 0 saturated heterocycles. The average molecular weight is 295 g/mol.